The third kappa shape index (κ3) is 5.87. The van der Waals surface area contributed by atoms with Gasteiger partial charge < -0.3 is 10.6 Å². The van der Waals surface area contributed by atoms with E-state index >= 15 is 0 Å². The van der Waals surface area contributed by atoms with Crippen molar-refractivity contribution in [1.82, 2.24) is 10.6 Å². The van der Waals surface area contributed by atoms with Gasteiger partial charge in [-0.1, -0.05) is 51.1 Å². The molecule has 4 heteroatoms. The highest BCUT2D eigenvalue weighted by Gasteiger charge is 2.14. The Morgan fingerprint density at radius 3 is 2.20 bits per heavy atom. The van der Waals surface area contributed by atoms with Gasteiger partial charge in [-0.25, -0.2) is 0 Å². The minimum Gasteiger partial charge on any atom is -0.348 e. The molecule has 20 heavy (non-hydrogen) atoms. The number of carbonyl (C=O) groups is 2. The molecular weight excluding hydrogens is 252 g/mol. The molecule has 0 unspecified atom stereocenters. The summed E-state index contributed by atoms with van der Waals surface area (Å²) in [5.41, 5.74) is 1.15. The Bertz CT molecular complexity index is 429. The summed E-state index contributed by atoms with van der Waals surface area (Å²) in [5.74, 6) is -0.414. The largest absolute Gasteiger partial charge is 0.348 e. The summed E-state index contributed by atoms with van der Waals surface area (Å²) in [5, 5.41) is 5.29. The number of amides is 2. The van der Waals surface area contributed by atoms with E-state index in [2.05, 4.69) is 24.5 Å². The first-order chi connectivity index (χ1) is 9.50. The molecule has 0 bridgehead atoms. The molecule has 110 valence electrons. The first kappa shape index (κ1) is 16.2. The average molecular weight is 276 g/mol. The first-order valence-electron chi connectivity index (χ1n) is 7.11. The van der Waals surface area contributed by atoms with Crippen LogP contribution in [0.4, 0.5) is 0 Å². The lowest BCUT2D eigenvalue weighted by atomic mass is 10.0. The Hall–Kier alpha value is -1.84. The average Bonchev–Trinajstić information content (AvgIpc) is 2.44. The van der Waals surface area contributed by atoms with Gasteiger partial charge >= 0.3 is 11.8 Å². The number of nitrogens with one attached hydrogen (secondary N) is 2. The molecule has 0 aromatic heterocycles. The topological polar surface area (TPSA) is 58.2 Å². The Morgan fingerprint density at radius 2 is 1.60 bits per heavy atom. The Morgan fingerprint density at radius 1 is 1.00 bits per heavy atom. The Balaban J connectivity index is 2.30. The van der Waals surface area contributed by atoms with Gasteiger partial charge in [0.15, 0.2) is 0 Å². The number of rotatable bonds is 6. The van der Waals surface area contributed by atoms with Crippen LogP contribution < -0.4 is 10.6 Å². The van der Waals surface area contributed by atoms with Gasteiger partial charge in [-0.15, -0.1) is 0 Å². The molecule has 2 N–H and O–H groups in total. The highest BCUT2D eigenvalue weighted by molar-refractivity contribution is 6.35. The molecule has 1 atom stereocenters. The van der Waals surface area contributed by atoms with Crippen molar-refractivity contribution in [2.75, 3.05) is 13.1 Å². The molecule has 0 saturated carbocycles. The van der Waals surface area contributed by atoms with E-state index in [4.69, 9.17) is 0 Å². The van der Waals surface area contributed by atoms with Gasteiger partial charge in [-0.05, 0) is 23.8 Å². The molecular formula is C16H24N2O2. The van der Waals surface area contributed by atoms with Crippen LogP contribution >= 0.6 is 0 Å². The zero-order valence-corrected chi connectivity index (χ0v) is 12.5. The van der Waals surface area contributed by atoms with Crippen LogP contribution in [-0.4, -0.2) is 24.9 Å². The van der Waals surface area contributed by atoms with Gasteiger partial charge in [0.05, 0.1) is 0 Å². The molecule has 0 fully saturated rings. The summed E-state index contributed by atoms with van der Waals surface area (Å²) >= 11 is 0. The monoisotopic (exact) mass is 276 g/mol. The molecule has 4 nitrogen and oxygen atoms in total. The molecule has 0 radical (unpaired) electrons. The van der Waals surface area contributed by atoms with Gasteiger partial charge in [0.2, 0.25) is 0 Å². The van der Waals surface area contributed by atoms with Gasteiger partial charge in [0.25, 0.3) is 0 Å². The molecule has 0 aliphatic heterocycles. The summed E-state index contributed by atoms with van der Waals surface area (Å²) in [4.78, 5) is 23.2. The van der Waals surface area contributed by atoms with Crippen molar-refractivity contribution in [2.24, 2.45) is 5.92 Å². The predicted molar refractivity (Wildman–Crippen MR) is 80.3 cm³/mol. The zero-order valence-electron chi connectivity index (χ0n) is 12.5. The molecule has 1 aromatic rings. The van der Waals surface area contributed by atoms with Crippen LogP contribution in [0, 0.1) is 5.92 Å². The minimum atomic E-state index is -0.559. The Kier molecular flexibility index (Phi) is 6.77. The molecule has 0 heterocycles. The fourth-order valence-electron chi connectivity index (χ4n) is 1.78. The number of benzene rings is 1. The lowest BCUT2D eigenvalue weighted by Gasteiger charge is -2.13. The summed E-state index contributed by atoms with van der Waals surface area (Å²) in [7, 11) is 0. The summed E-state index contributed by atoms with van der Waals surface area (Å²) < 4.78 is 0. The van der Waals surface area contributed by atoms with E-state index in [1.807, 2.05) is 37.3 Å². The maximum atomic E-state index is 11.6. The standard InChI is InChI=1S/C16H24N2O2/c1-12(2)9-10-17-15(19)16(20)18-11-13(3)14-7-5-4-6-8-14/h4-8,12-13H,9-11H2,1-3H3,(H,17,19)(H,18,20)/t13-/m0/s1. The van der Waals surface area contributed by atoms with Crippen molar-refractivity contribution in [3.8, 4) is 0 Å². The third-order valence-corrected chi connectivity index (χ3v) is 3.15. The zero-order chi connectivity index (χ0) is 15.0. The van der Waals surface area contributed by atoms with E-state index in [0.717, 1.165) is 12.0 Å². The van der Waals surface area contributed by atoms with Crippen LogP contribution in [0.25, 0.3) is 0 Å². The second-order valence-electron chi connectivity index (χ2n) is 5.46. The molecule has 2 amide bonds. The minimum absolute atomic E-state index is 0.184. The van der Waals surface area contributed by atoms with E-state index < -0.39 is 11.8 Å². The van der Waals surface area contributed by atoms with Crippen LogP contribution in [-0.2, 0) is 9.59 Å². The maximum Gasteiger partial charge on any atom is 0.309 e. The molecule has 0 aliphatic carbocycles. The SMILES string of the molecule is CC(C)CCNC(=O)C(=O)NC[C@H](C)c1ccccc1. The summed E-state index contributed by atoms with van der Waals surface area (Å²) in [6.45, 7) is 7.17. The van der Waals surface area contributed by atoms with Gasteiger partial charge in [-0.2, -0.15) is 0 Å². The van der Waals surface area contributed by atoms with Gasteiger partial charge in [-0.3, -0.25) is 9.59 Å². The van der Waals surface area contributed by atoms with Crippen molar-refractivity contribution in [1.29, 1.82) is 0 Å². The van der Waals surface area contributed by atoms with E-state index in [0.29, 0.717) is 19.0 Å². The number of carbonyl (C=O) groups excluding carboxylic acids is 2. The number of hydrogen-bond donors (Lipinski definition) is 2. The van der Waals surface area contributed by atoms with Crippen molar-refractivity contribution in [3.05, 3.63) is 35.9 Å². The van der Waals surface area contributed by atoms with Gasteiger partial charge in [0, 0.05) is 13.1 Å². The second kappa shape index (κ2) is 8.35. The Labute approximate surface area is 121 Å². The van der Waals surface area contributed by atoms with Crippen LogP contribution in [0.3, 0.4) is 0 Å². The van der Waals surface area contributed by atoms with E-state index in [1.54, 1.807) is 0 Å². The van der Waals surface area contributed by atoms with E-state index in [-0.39, 0.29) is 5.92 Å². The maximum absolute atomic E-state index is 11.6. The summed E-state index contributed by atoms with van der Waals surface area (Å²) in [6, 6.07) is 9.91. The molecule has 0 aliphatic rings. The highest BCUT2D eigenvalue weighted by atomic mass is 16.2. The van der Waals surface area contributed by atoms with Crippen molar-refractivity contribution in [2.45, 2.75) is 33.1 Å². The normalized spacial score (nSPS) is 12.0. The lowest BCUT2D eigenvalue weighted by molar-refractivity contribution is -0.139. The van der Waals surface area contributed by atoms with Gasteiger partial charge in [0.1, 0.15) is 0 Å². The number of hydrogen-bond acceptors (Lipinski definition) is 2. The van der Waals surface area contributed by atoms with Crippen molar-refractivity contribution >= 4 is 11.8 Å². The smallest absolute Gasteiger partial charge is 0.309 e. The van der Waals surface area contributed by atoms with Crippen LogP contribution in [0.5, 0.6) is 0 Å². The lowest BCUT2D eigenvalue weighted by Crippen LogP contribution is -2.41. The van der Waals surface area contributed by atoms with Crippen LogP contribution in [0.15, 0.2) is 30.3 Å². The quantitative estimate of drug-likeness (QED) is 0.781. The van der Waals surface area contributed by atoms with E-state index in [1.165, 1.54) is 0 Å². The molecule has 1 rings (SSSR count). The molecule has 1 aromatic carbocycles. The fourth-order valence-corrected chi connectivity index (χ4v) is 1.78. The van der Waals surface area contributed by atoms with Crippen LogP contribution in [0.1, 0.15) is 38.7 Å². The van der Waals surface area contributed by atoms with E-state index in [9.17, 15) is 9.59 Å². The highest BCUT2D eigenvalue weighted by Crippen LogP contribution is 2.12. The van der Waals surface area contributed by atoms with Crippen LogP contribution in [0.2, 0.25) is 0 Å². The third-order valence-electron chi connectivity index (χ3n) is 3.15. The summed E-state index contributed by atoms with van der Waals surface area (Å²) in [6.07, 6.45) is 0.874. The predicted octanol–water partition coefficient (Wildman–Crippen LogP) is 2.07. The molecule has 0 saturated heterocycles. The second-order valence-corrected chi connectivity index (χ2v) is 5.46. The first-order valence-corrected chi connectivity index (χ1v) is 7.11. The van der Waals surface area contributed by atoms with Crippen molar-refractivity contribution in [3.63, 3.8) is 0 Å². The fraction of sp³-hybridized carbons (Fsp3) is 0.500. The molecule has 0 spiro atoms. The van der Waals surface area contributed by atoms with Crippen molar-refractivity contribution < 1.29 is 9.59 Å².